The predicted molar refractivity (Wildman–Crippen MR) is 81.0 cm³/mol. The Hall–Kier alpha value is -1.68. The molecule has 0 aliphatic carbocycles. The molecule has 1 N–H and O–H groups in total. The second kappa shape index (κ2) is 5.75. The van der Waals surface area contributed by atoms with Gasteiger partial charge in [-0.1, -0.05) is 12.1 Å². The van der Waals surface area contributed by atoms with E-state index in [0.717, 1.165) is 41.9 Å². The molecule has 1 saturated heterocycles. The molecule has 1 atom stereocenters. The minimum Gasteiger partial charge on any atom is -0.396 e. The van der Waals surface area contributed by atoms with Gasteiger partial charge >= 0.3 is 0 Å². The van der Waals surface area contributed by atoms with Crippen LogP contribution in [0.1, 0.15) is 31.4 Å². The second-order valence-corrected chi connectivity index (χ2v) is 5.48. The van der Waals surface area contributed by atoms with Crippen LogP contribution in [0, 0.1) is 6.92 Å². The predicted octanol–water partition coefficient (Wildman–Crippen LogP) is 2.68. The number of aliphatic hydroxyl groups excluding tert-OH is 1. The number of piperidine rings is 1. The standard InChI is InChI=1S/C16H21N3O/c1-12-16(18-15-8-3-2-7-14(15)17-12)19-10-5-4-6-13(19)9-11-20/h2-3,7-8,13,20H,4-6,9-11H2,1H3. The summed E-state index contributed by atoms with van der Waals surface area (Å²) in [5.41, 5.74) is 2.87. The minimum atomic E-state index is 0.237. The highest BCUT2D eigenvalue weighted by Gasteiger charge is 2.25. The SMILES string of the molecule is Cc1nc2ccccc2nc1N1CCCCC1CCO. The first-order valence-corrected chi connectivity index (χ1v) is 7.40. The van der Waals surface area contributed by atoms with Crippen molar-refractivity contribution in [1.29, 1.82) is 0 Å². The van der Waals surface area contributed by atoms with Gasteiger partial charge in [0, 0.05) is 19.2 Å². The molecule has 2 heterocycles. The van der Waals surface area contributed by atoms with E-state index in [2.05, 4.69) is 9.88 Å². The van der Waals surface area contributed by atoms with E-state index in [1.165, 1.54) is 12.8 Å². The molecule has 1 unspecified atom stereocenters. The Labute approximate surface area is 119 Å². The summed E-state index contributed by atoms with van der Waals surface area (Å²) in [6.45, 7) is 3.28. The number of benzene rings is 1. The summed E-state index contributed by atoms with van der Waals surface area (Å²) in [4.78, 5) is 11.8. The lowest BCUT2D eigenvalue weighted by atomic mass is 9.99. The molecule has 1 aliphatic rings. The molecule has 1 aromatic heterocycles. The first kappa shape index (κ1) is 13.3. The number of aliphatic hydroxyl groups is 1. The van der Waals surface area contributed by atoms with E-state index in [9.17, 15) is 5.11 Å². The van der Waals surface area contributed by atoms with Crippen molar-refractivity contribution in [3.8, 4) is 0 Å². The molecule has 1 aromatic carbocycles. The summed E-state index contributed by atoms with van der Waals surface area (Å²) >= 11 is 0. The molecule has 4 heteroatoms. The third kappa shape index (κ3) is 2.48. The Morgan fingerprint density at radius 3 is 2.70 bits per heavy atom. The fourth-order valence-corrected chi connectivity index (χ4v) is 3.08. The van der Waals surface area contributed by atoms with Gasteiger partial charge in [0.25, 0.3) is 0 Å². The fourth-order valence-electron chi connectivity index (χ4n) is 3.08. The third-order valence-corrected chi connectivity index (χ3v) is 4.08. The molecule has 20 heavy (non-hydrogen) atoms. The molecule has 2 aromatic rings. The number of aryl methyl sites for hydroxylation is 1. The van der Waals surface area contributed by atoms with Crippen molar-refractivity contribution in [2.45, 2.75) is 38.6 Å². The van der Waals surface area contributed by atoms with Crippen LogP contribution >= 0.6 is 0 Å². The summed E-state index contributed by atoms with van der Waals surface area (Å²) in [6, 6.07) is 8.39. The molecule has 0 amide bonds. The van der Waals surface area contributed by atoms with Gasteiger partial charge in [0.15, 0.2) is 5.82 Å². The Bertz CT molecular complexity index is 597. The summed E-state index contributed by atoms with van der Waals surface area (Å²) in [6.07, 6.45) is 4.37. The molecule has 0 spiro atoms. The molecule has 106 valence electrons. The molecule has 1 aliphatic heterocycles. The number of hydrogen-bond donors (Lipinski definition) is 1. The largest absolute Gasteiger partial charge is 0.396 e. The maximum atomic E-state index is 9.26. The van der Waals surface area contributed by atoms with E-state index < -0.39 is 0 Å². The van der Waals surface area contributed by atoms with Crippen molar-refractivity contribution in [3.63, 3.8) is 0 Å². The van der Waals surface area contributed by atoms with Gasteiger partial charge in [-0.3, -0.25) is 0 Å². The van der Waals surface area contributed by atoms with Crippen molar-refractivity contribution < 1.29 is 5.11 Å². The lowest BCUT2D eigenvalue weighted by Gasteiger charge is -2.37. The van der Waals surface area contributed by atoms with Gasteiger partial charge in [-0.05, 0) is 44.7 Å². The lowest BCUT2D eigenvalue weighted by molar-refractivity contribution is 0.262. The van der Waals surface area contributed by atoms with Crippen LogP contribution in [-0.4, -0.2) is 34.3 Å². The molecule has 0 radical (unpaired) electrons. The van der Waals surface area contributed by atoms with E-state index >= 15 is 0 Å². The van der Waals surface area contributed by atoms with Crippen molar-refractivity contribution in [2.24, 2.45) is 0 Å². The summed E-state index contributed by atoms with van der Waals surface area (Å²) in [5, 5.41) is 9.26. The average Bonchev–Trinajstić information content (AvgIpc) is 2.48. The zero-order valence-electron chi connectivity index (χ0n) is 11.9. The van der Waals surface area contributed by atoms with Crippen molar-refractivity contribution in [3.05, 3.63) is 30.0 Å². The monoisotopic (exact) mass is 271 g/mol. The van der Waals surface area contributed by atoms with Gasteiger partial charge in [-0.25, -0.2) is 9.97 Å². The Balaban J connectivity index is 2.00. The van der Waals surface area contributed by atoms with Gasteiger partial charge in [-0.2, -0.15) is 0 Å². The highest BCUT2D eigenvalue weighted by molar-refractivity contribution is 5.76. The van der Waals surface area contributed by atoms with Crippen LogP contribution < -0.4 is 4.90 Å². The molecular formula is C16H21N3O. The summed E-state index contributed by atoms with van der Waals surface area (Å²) < 4.78 is 0. The maximum absolute atomic E-state index is 9.26. The molecule has 3 rings (SSSR count). The van der Waals surface area contributed by atoms with Crippen LogP contribution in [0.3, 0.4) is 0 Å². The molecule has 4 nitrogen and oxygen atoms in total. The van der Waals surface area contributed by atoms with E-state index in [0.29, 0.717) is 6.04 Å². The smallest absolute Gasteiger partial charge is 0.151 e. The van der Waals surface area contributed by atoms with Crippen molar-refractivity contribution in [1.82, 2.24) is 9.97 Å². The average molecular weight is 271 g/mol. The first-order chi connectivity index (χ1) is 9.79. The number of fused-ring (bicyclic) bond motifs is 1. The summed E-state index contributed by atoms with van der Waals surface area (Å²) in [7, 11) is 0. The second-order valence-electron chi connectivity index (χ2n) is 5.48. The Morgan fingerprint density at radius 1 is 1.20 bits per heavy atom. The van der Waals surface area contributed by atoms with E-state index in [1.807, 2.05) is 31.2 Å². The van der Waals surface area contributed by atoms with Crippen LogP contribution in [-0.2, 0) is 0 Å². The van der Waals surface area contributed by atoms with Crippen LogP contribution in [0.25, 0.3) is 11.0 Å². The van der Waals surface area contributed by atoms with E-state index in [-0.39, 0.29) is 6.61 Å². The van der Waals surface area contributed by atoms with Gasteiger partial charge in [0.2, 0.25) is 0 Å². The van der Waals surface area contributed by atoms with Crippen molar-refractivity contribution >= 4 is 16.9 Å². The number of hydrogen-bond acceptors (Lipinski definition) is 4. The summed E-state index contributed by atoms with van der Waals surface area (Å²) in [5.74, 6) is 0.988. The highest BCUT2D eigenvalue weighted by Crippen LogP contribution is 2.28. The molecule has 1 fully saturated rings. The number of anilines is 1. The number of para-hydroxylation sites is 2. The van der Waals surface area contributed by atoms with Gasteiger partial charge in [0.1, 0.15) is 0 Å². The highest BCUT2D eigenvalue weighted by atomic mass is 16.3. The fraction of sp³-hybridized carbons (Fsp3) is 0.500. The zero-order valence-corrected chi connectivity index (χ0v) is 11.9. The van der Waals surface area contributed by atoms with Crippen LogP contribution in [0.15, 0.2) is 24.3 Å². The van der Waals surface area contributed by atoms with Crippen LogP contribution in [0.4, 0.5) is 5.82 Å². The van der Waals surface area contributed by atoms with Crippen LogP contribution in [0.2, 0.25) is 0 Å². The topological polar surface area (TPSA) is 49.2 Å². The lowest BCUT2D eigenvalue weighted by Crippen LogP contribution is -2.41. The van der Waals surface area contributed by atoms with Gasteiger partial charge in [-0.15, -0.1) is 0 Å². The Morgan fingerprint density at radius 2 is 1.95 bits per heavy atom. The number of aromatic nitrogens is 2. The van der Waals surface area contributed by atoms with E-state index in [4.69, 9.17) is 4.98 Å². The molecular weight excluding hydrogens is 250 g/mol. The number of nitrogens with zero attached hydrogens (tertiary/aromatic N) is 3. The Kier molecular flexibility index (Phi) is 3.83. The first-order valence-electron chi connectivity index (χ1n) is 7.40. The zero-order chi connectivity index (χ0) is 13.9. The molecule has 0 bridgehead atoms. The quantitative estimate of drug-likeness (QED) is 0.932. The van der Waals surface area contributed by atoms with Crippen LogP contribution in [0.5, 0.6) is 0 Å². The normalized spacial score (nSPS) is 19.5. The van der Waals surface area contributed by atoms with Gasteiger partial charge in [0.05, 0.1) is 16.7 Å². The van der Waals surface area contributed by atoms with Crippen molar-refractivity contribution in [2.75, 3.05) is 18.1 Å². The van der Waals surface area contributed by atoms with Gasteiger partial charge < -0.3 is 10.0 Å². The molecule has 0 saturated carbocycles. The number of rotatable bonds is 3. The maximum Gasteiger partial charge on any atom is 0.151 e. The van der Waals surface area contributed by atoms with E-state index in [1.54, 1.807) is 0 Å². The minimum absolute atomic E-state index is 0.237. The third-order valence-electron chi connectivity index (χ3n) is 4.08.